The SMILES string of the molecule is O=S1(=O)CCC(NCc2ccccc2)CC1. The van der Waals surface area contributed by atoms with Gasteiger partial charge in [0, 0.05) is 12.6 Å². The molecule has 0 aliphatic carbocycles. The van der Waals surface area contributed by atoms with Gasteiger partial charge in [-0.3, -0.25) is 0 Å². The molecular weight excluding hydrogens is 222 g/mol. The fourth-order valence-electron chi connectivity index (χ4n) is 1.95. The second kappa shape index (κ2) is 4.97. The number of rotatable bonds is 3. The standard InChI is InChI=1S/C12H17NO2S/c14-16(15)8-6-12(7-9-16)13-10-11-4-2-1-3-5-11/h1-5,12-13H,6-10H2. The highest BCUT2D eigenvalue weighted by Crippen LogP contribution is 2.12. The summed E-state index contributed by atoms with van der Waals surface area (Å²) in [4.78, 5) is 0. The molecule has 0 saturated carbocycles. The summed E-state index contributed by atoms with van der Waals surface area (Å²) in [5.41, 5.74) is 1.25. The lowest BCUT2D eigenvalue weighted by Crippen LogP contribution is -2.37. The van der Waals surface area contributed by atoms with Gasteiger partial charge >= 0.3 is 0 Å². The smallest absolute Gasteiger partial charge is 0.150 e. The maximum Gasteiger partial charge on any atom is 0.150 e. The van der Waals surface area contributed by atoms with Crippen molar-refractivity contribution in [2.45, 2.75) is 25.4 Å². The summed E-state index contributed by atoms with van der Waals surface area (Å²) in [6, 6.07) is 10.5. The Morgan fingerprint density at radius 2 is 1.75 bits per heavy atom. The van der Waals surface area contributed by atoms with Gasteiger partial charge in [0.1, 0.15) is 9.84 Å². The Balaban J connectivity index is 1.80. The van der Waals surface area contributed by atoms with Gasteiger partial charge in [0.2, 0.25) is 0 Å². The van der Waals surface area contributed by atoms with Gasteiger partial charge < -0.3 is 5.32 Å². The monoisotopic (exact) mass is 239 g/mol. The van der Waals surface area contributed by atoms with Crippen LogP contribution in [0.1, 0.15) is 18.4 Å². The molecule has 0 atom stereocenters. The summed E-state index contributed by atoms with van der Waals surface area (Å²) in [6.07, 6.45) is 1.49. The Hall–Kier alpha value is -0.870. The van der Waals surface area contributed by atoms with Crippen LogP contribution in [0, 0.1) is 0 Å². The van der Waals surface area contributed by atoms with E-state index in [-0.39, 0.29) is 0 Å². The zero-order valence-corrected chi connectivity index (χ0v) is 10.0. The number of hydrogen-bond donors (Lipinski definition) is 1. The fraction of sp³-hybridized carbons (Fsp3) is 0.500. The summed E-state index contributed by atoms with van der Waals surface area (Å²) in [7, 11) is -2.74. The molecule has 1 aliphatic rings. The van der Waals surface area contributed by atoms with Crippen molar-refractivity contribution >= 4 is 9.84 Å². The first-order chi connectivity index (χ1) is 7.66. The lowest BCUT2D eigenvalue weighted by molar-refractivity contribution is 0.463. The number of sulfone groups is 1. The molecule has 0 radical (unpaired) electrons. The van der Waals surface area contributed by atoms with Crippen molar-refractivity contribution in [1.29, 1.82) is 0 Å². The summed E-state index contributed by atoms with van der Waals surface area (Å²) < 4.78 is 22.5. The normalized spacial score (nSPS) is 20.8. The van der Waals surface area contributed by atoms with Crippen LogP contribution in [-0.4, -0.2) is 26.0 Å². The van der Waals surface area contributed by atoms with E-state index in [9.17, 15) is 8.42 Å². The van der Waals surface area contributed by atoms with Gasteiger partial charge in [0.15, 0.2) is 0 Å². The minimum absolute atomic E-state index is 0.333. The molecule has 2 rings (SSSR count). The van der Waals surface area contributed by atoms with Crippen molar-refractivity contribution in [2.24, 2.45) is 0 Å². The molecule has 1 N–H and O–H groups in total. The van der Waals surface area contributed by atoms with Crippen molar-refractivity contribution in [3.8, 4) is 0 Å². The Bertz CT molecular complexity index is 414. The van der Waals surface area contributed by atoms with Gasteiger partial charge in [-0.05, 0) is 18.4 Å². The molecule has 0 bridgehead atoms. The van der Waals surface area contributed by atoms with E-state index in [0.29, 0.717) is 17.5 Å². The molecule has 0 spiro atoms. The predicted molar refractivity (Wildman–Crippen MR) is 65.0 cm³/mol. The van der Waals surface area contributed by atoms with E-state index in [4.69, 9.17) is 0 Å². The highest BCUT2D eigenvalue weighted by molar-refractivity contribution is 7.91. The molecule has 88 valence electrons. The summed E-state index contributed by atoms with van der Waals surface area (Å²) in [5.74, 6) is 0.666. The molecule has 4 heteroatoms. The van der Waals surface area contributed by atoms with Crippen molar-refractivity contribution in [2.75, 3.05) is 11.5 Å². The van der Waals surface area contributed by atoms with Gasteiger partial charge in [-0.1, -0.05) is 30.3 Å². The molecule has 0 amide bonds. The summed E-state index contributed by atoms with van der Waals surface area (Å²) in [5, 5.41) is 3.41. The Labute approximate surface area is 96.8 Å². The Kier molecular flexibility index (Phi) is 3.61. The second-order valence-corrected chi connectivity index (χ2v) is 6.60. The van der Waals surface area contributed by atoms with E-state index < -0.39 is 9.84 Å². The third-order valence-corrected chi connectivity index (χ3v) is 4.71. The zero-order valence-electron chi connectivity index (χ0n) is 9.22. The maximum atomic E-state index is 11.2. The van der Waals surface area contributed by atoms with Crippen molar-refractivity contribution < 1.29 is 8.42 Å². The average Bonchev–Trinajstić information content (AvgIpc) is 2.29. The van der Waals surface area contributed by atoms with Crippen LogP contribution in [0.4, 0.5) is 0 Å². The number of nitrogens with one attached hydrogen (secondary N) is 1. The van der Waals surface area contributed by atoms with E-state index >= 15 is 0 Å². The zero-order chi connectivity index (χ0) is 11.4. The van der Waals surface area contributed by atoms with Crippen LogP contribution < -0.4 is 5.32 Å². The van der Waals surface area contributed by atoms with E-state index in [1.807, 2.05) is 18.2 Å². The topological polar surface area (TPSA) is 46.2 Å². The third-order valence-electron chi connectivity index (χ3n) is 2.99. The van der Waals surface area contributed by atoms with Crippen LogP contribution in [0.2, 0.25) is 0 Å². The molecule has 1 aliphatic heterocycles. The van der Waals surface area contributed by atoms with Crippen molar-refractivity contribution in [3.05, 3.63) is 35.9 Å². The number of benzene rings is 1. The molecule has 16 heavy (non-hydrogen) atoms. The fourth-order valence-corrected chi connectivity index (χ4v) is 3.44. The van der Waals surface area contributed by atoms with E-state index in [1.54, 1.807) is 0 Å². The van der Waals surface area contributed by atoms with E-state index in [2.05, 4.69) is 17.4 Å². The van der Waals surface area contributed by atoms with Crippen molar-refractivity contribution in [3.63, 3.8) is 0 Å². The maximum absolute atomic E-state index is 11.2. The molecule has 1 saturated heterocycles. The summed E-state index contributed by atoms with van der Waals surface area (Å²) in [6.45, 7) is 0.825. The Morgan fingerprint density at radius 3 is 2.38 bits per heavy atom. The molecule has 1 fully saturated rings. The average molecular weight is 239 g/mol. The molecule has 1 aromatic carbocycles. The van der Waals surface area contributed by atoms with Gasteiger partial charge in [0.25, 0.3) is 0 Å². The minimum atomic E-state index is -2.74. The molecule has 0 unspecified atom stereocenters. The van der Waals surface area contributed by atoms with Crippen LogP contribution in [0.25, 0.3) is 0 Å². The van der Waals surface area contributed by atoms with Crippen LogP contribution in [0.15, 0.2) is 30.3 Å². The summed E-state index contributed by atoms with van der Waals surface area (Å²) >= 11 is 0. The molecule has 1 heterocycles. The van der Waals surface area contributed by atoms with Gasteiger partial charge in [-0.2, -0.15) is 0 Å². The quantitative estimate of drug-likeness (QED) is 0.866. The number of hydrogen-bond acceptors (Lipinski definition) is 3. The Morgan fingerprint density at radius 1 is 1.12 bits per heavy atom. The predicted octanol–water partition coefficient (Wildman–Crippen LogP) is 1.35. The first-order valence-corrected chi connectivity index (χ1v) is 7.46. The third kappa shape index (κ3) is 3.32. The second-order valence-electron chi connectivity index (χ2n) is 4.29. The van der Waals surface area contributed by atoms with Gasteiger partial charge in [-0.15, -0.1) is 0 Å². The molecule has 3 nitrogen and oxygen atoms in total. The lowest BCUT2D eigenvalue weighted by Gasteiger charge is -2.23. The molecule has 1 aromatic rings. The van der Waals surface area contributed by atoms with Crippen molar-refractivity contribution in [1.82, 2.24) is 5.32 Å². The first-order valence-electron chi connectivity index (χ1n) is 5.63. The van der Waals surface area contributed by atoms with E-state index in [0.717, 1.165) is 19.4 Å². The molecular formula is C12H17NO2S. The molecule has 0 aromatic heterocycles. The van der Waals surface area contributed by atoms with Crippen LogP contribution in [0.3, 0.4) is 0 Å². The van der Waals surface area contributed by atoms with E-state index in [1.165, 1.54) is 5.56 Å². The van der Waals surface area contributed by atoms with Crippen LogP contribution in [-0.2, 0) is 16.4 Å². The van der Waals surface area contributed by atoms with Gasteiger partial charge in [-0.25, -0.2) is 8.42 Å². The minimum Gasteiger partial charge on any atom is -0.310 e. The highest BCUT2D eigenvalue weighted by Gasteiger charge is 2.22. The highest BCUT2D eigenvalue weighted by atomic mass is 32.2. The van der Waals surface area contributed by atoms with Crippen LogP contribution >= 0.6 is 0 Å². The van der Waals surface area contributed by atoms with Gasteiger partial charge in [0.05, 0.1) is 11.5 Å². The largest absolute Gasteiger partial charge is 0.310 e. The first kappa shape index (κ1) is 11.6. The lowest BCUT2D eigenvalue weighted by atomic mass is 10.1. The van der Waals surface area contributed by atoms with Crippen LogP contribution in [0.5, 0.6) is 0 Å².